The summed E-state index contributed by atoms with van der Waals surface area (Å²) in [5, 5.41) is 21.3. The van der Waals surface area contributed by atoms with Gasteiger partial charge in [0.2, 0.25) is 23.6 Å². The van der Waals surface area contributed by atoms with Crippen LogP contribution in [-0.4, -0.2) is 70.4 Å². The van der Waals surface area contributed by atoms with Crippen LogP contribution in [0, 0.1) is 5.92 Å². The molecule has 2 aromatic rings. The van der Waals surface area contributed by atoms with Crippen molar-refractivity contribution >= 4 is 40.5 Å². The molecule has 1 aromatic carbocycles. The summed E-state index contributed by atoms with van der Waals surface area (Å²) < 4.78 is 0. The molecular formula is C26H36N6O6. The van der Waals surface area contributed by atoms with E-state index >= 15 is 0 Å². The molecule has 0 aliphatic carbocycles. The van der Waals surface area contributed by atoms with Crippen molar-refractivity contribution in [1.29, 1.82) is 0 Å². The Morgan fingerprint density at radius 3 is 2.42 bits per heavy atom. The average Bonchev–Trinajstić information content (AvgIpc) is 3.56. The second kappa shape index (κ2) is 13.0. The number of nitrogens with one attached hydrogen (secondary N) is 5. The van der Waals surface area contributed by atoms with Gasteiger partial charge in [-0.05, 0) is 36.9 Å². The van der Waals surface area contributed by atoms with E-state index in [9.17, 15) is 29.1 Å². The predicted molar refractivity (Wildman–Crippen MR) is 140 cm³/mol. The van der Waals surface area contributed by atoms with E-state index < -0.39 is 48.2 Å². The first-order chi connectivity index (χ1) is 18.1. The van der Waals surface area contributed by atoms with E-state index in [4.69, 9.17) is 5.73 Å². The summed E-state index contributed by atoms with van der Waals surface area (Å²) in [6.07, 6.45) is 3.28. The minimum absolute atomic E-state index is 0.0375. The number of hydrogen-bond donors (Lipinski definition) is 7. The SMILES string of the molecule is CCC(C)C(NC(=O)C1CCCN1)C(=O)NC(Cc1c[nH]c2ccccc12)C(=O)NC(CC(N)=O)C(=O)O. The van der Waals surface area contributed by atoms with Gasteiger partial charge < -0.3 is 37.1 Å². The van der Waals surface area contributed by atoms with E-state index in [0.29, 0.717) is 12.8 Å². The molecule has 1 aliphatic rings. The molecular weight excluding hydrogens is 492 g/mol. The third-order valence-corrected chi connectivity index (χ3v) is 6.92. The van der Waals surface area contributed by atoms with Crippen LogP contribution in [0.1, 0.15) is 45.1 Å². The van der Waals surface area contributed by atoms with Gasteiger partial charge in [-0.3, -0.25) is 19.2 Å². The van der Waals surface area contributed by atoms with Crippen LogP contribution in [0.2, 0.25) is 0 Å². The quantitative estimate of drug-likeness (QED) is 0.189. The summed E-state index contributed by atoms with van der Waals surface area (Å²) in [4.78, 5) is 65.6. The fraction of sp³-hybridized carbons (Fsp3) is 0.500. The minimum Gasteiger partial charge on any atom is -0.480 e. The van der Waals surface area contributed by atoms with E-state index in [1.54, 1.807) is 6.20 Å². The zero-order valence-corrected chi connectivity index (χ0v) is 21.6. The van der Waals surface area contributed by atoms with Crippen molar-refractivity contribution in [3.63, 3.8) is 0 Å². The molecule has 206 valence electrons. The number of benzene rings is 1. The smallest absolute Gasteiger partial charge is 0.326 e. The Hall–Kier alpha value is -3.93. The average molecular weight is 529 g/mol. The molecule has 1 saturated heterocycles. The number of aliphatic carboxylic acids is 1. The molecule has 12 heteroatoms. The summed E-state index contributed by atoms with van der Waals surface area (Å²) in [6, 6.07) is 3.39. The van der Waals surface area contributed by atoms with Crippen molar-refractivity contribution in [3.05, 3.63) is 36.0 Å². The summed E-state index contributed by atoms with van der Waals surface area (Å²) in [5.41, 5.74) is 6.71. The molecule has 0 saturated carbocycles. The summed E-state index contributed by atoms with van der Waals surface area (Å²) >= 11 is 0. The molecule has 12 nitrogen and oxygen atoms in total. The zero-order valence-electron chi connectivity index (χ0n) is 21.6. The molecule has 38 heavy (non-hydrogen) atoms. The highest BCUT2D eigenvalue weighted by Gasteiger charge is 2.34. The maximum absolute atomic E-state index is 13.5. The fourth-order valence-corrected chi connectivity index (χ4v) is 4.53. The van der Waals surface area contributed by atoms with E-state index in [1.807, 2.05) is 38.1 Å². The number of H-pyrrole nitrogens is 1. The standard InChI is InChI=1S/C26H36N6O6/c1-3-14(2)22(32-23(34)18-9-6-10-28-18)25(36)30-19(24(35)31-20(26(37)38)12-21(27)33)11-15-13-29-17-8-5-4-7-16(15)17/h4-5,7-8,13-14,18-20,22,28-29H,3,6,9-12H2,1-2H3,(H2,27,33)(H,30,36)(H,31,35)(H,32,34)(H,37,38). The Morgan fingerprint density at radius 2 is 1.79 bits per heavy atom. The molecule has 0 radical (unpaired) electrons. The summed E-state index contributed by atoms with van der Waals surface area (Å²) in [5.74, 6) is -4.19. The second-order valence-electron chi connectivity index (χ2n) is 9.72. The van der Waals surface area contributed by atoms with E-state index in [0.717, 1.165) is 29.4 Å². The molecule has 3 rings (SSSR count). The number of amides is 4. The third kappa shape index (κ3) is 7.31. The first-order valence-electron chi connectivity index (χ1n) is 12.8. The highest BCUT2D eigenvalue weighted by molar-refractivity contribution is 5.95. The Bertz CT molecular complexity index is 1170. The molecule has 1 aromatic heterocycles. The van der Waals surface area contributed by atoms with Gasteiger partial charge in [0, 0.05) is 23.5 Å². The van der Waals surface area contributed by atoms with Gasteiger partial charge in [0.05, 0.1) is 12.5 Å². The van der Waals surface area contributed by atoms with Crippen molar-refractivity contribution in [2.75, 3.05) is 6.54 Å². The Balaban J connectivity index is 1.85. The van der Waals surface area contributed by atoms with Crippen LogP contribution in [0.3, 0.4) is 0 Å². The zero-order chi connectivity index (χ0) is 27.8. The van der Waals surface area contributed by atoms with Gasteiger partial charge in [-0.1, -0.05) is 38.5 Å². The molecule has 5 unspecified atom stereocenters. The van der Waals surface area contributed by atoms with Crippen LogP contribution in [0.25, 0.3) is 10.9 Å². The Kier molecular flexibility index (Phi) is 9.83. The molecule has 1 fully saturated rings. The lowest BCUT2D eigenvalue weighted by molar-refractivity contribution is -0.143. The largest absolute Gasteiger partial charge is 0.480 e. The number of aromatic nitrogens is 1. The maximum Gasteiger partial charge on any atom is 0.326 e. The van der Waals surface area contributed by atoms with Crippen molar-refractivity contribution in [2.24, 2.45) is 11.7 Å². The number of para-hydroxylation sites is 1. The van der Waals surface area contributed by atoms with E-state index in [-0.39, 0.29) is 24.3 Å². The number of primary amides is 1. The van der Waals surface area contributed by atoms with Crippen LogP contribution in [0.15, 0.2) is 30.5 Å². The predicted octanol–water partition coefficient (Wildman–Crippen LogP) is -0.0771. The lowest BCUT2D eigenvalue weighted by atomic mass is 9.96. The number of carboxylic acids is 1. The topological polar surface area (TPSA) is 196 Å². The third-order valence-electron chi connectivity index (χ3n) is 6.92. The lowest BCUT2D eigenvalue weighted by Crippen LogP contribution is -2.59. The van der Waals surface area contributed by atoms with Gasteiger partial charge in [0.25, 0.3) is 0 Å². The lowest BCUT2D eigenvalue weighted by Gasteiger charge is -2.28. The molecule has 5 atom stereocenters. The number of carbonyl (C=O) groups is 5. The number of carboxylic acid groups (broad SMARTS) is 1. The Morgan fingerprint density at radius 1 is 1.08 bits per heavy atom. The fourth-order valence-electron chi connectivity index (χ4n) is 4.53. The van der Waals surface area contributed by atoms with Crippen LogP contribution in [0.5, 0.6) is 0 Å². The molecule has 4 amide bonds. The van der Waals surface area contributed by atoms with Gasteiger partial charge in [0.1, 0.15) is 18.1 Å². The molecule has 8 N–H and O–H groups in total. The van der Waals surface area contributed by atoms with Crippen molar-refractivity contribution < 1.29 is 29.1 Å². The van der Waals surface area contributed by atoms with Crippen molar-refractivity contribution in [1.82, 2.24) is 26.3 Å². The number of nitrogens with two attached hydrogens (primary N) is 1. The van der Waals surface area contributed by atoms with Crippen LogP contribution in [0.4, 0.5) is 0 Å². The van der Waals surface area contributed by atoms with E-state index in [2.05, 4.69) is 26.3 Å². The number of fused-ring (bicyclic) bond motifs is 1. The summed E-state index contributed by atoms with van der Waals surface area (Å²) in [7, 11) is 0. The highest BCUT2D eigenvalue weighted by atomic mass is 16.4. The molecule has 0 spiro atoms. The number of aromatic amines is 1. The number of rotatable bonds is 13. The first kappa shape index (κ1) is 28.6. The first-order valence-corrected chi connectivity index (χ1v) is 12.8. The number of hydrogen-bond acceptors (Lipinski definition) is 6. The highest BCUT2D eigenvalue weighted by Crippen LogP contribution is 2.20. The van der Waals surface area contributed by atoms with Gasteiger partial charge >= 0.3 is 5.97 Å². The molecule has 1 aliphatic heterocycles. The van der Waals surface area contributed by atoms with Crippen LogP contribution < -0.4 is 27.0 Å². The van der Waals surface area contributed by atoms with Crippen LogP contribution >= 0.6 is 0 Å². The Labute approximate surface area is 220 Å². The maximum atomic E-state index is 13.5. The number of carbonyl (C=O) groups excluding carboxylic acids is 4. The van der Waals surface area contributed by atoms with Gasteiger partial charge in [-0.2, -0.15) is 0 Å². The van der Waals surface area contributed by atoms with Gasteiger partial charge in [-0.25, -0.2) is 4.79 Å². The second-order valence-corrected chi connectivity index (χ2v) is 9.72. The van der Waals surface area contributed by atoms with E-state index in [1.165, 1.54) is 0 Å². The van der Waals surface area contributed by atoms with Gasteiger partial charge in [0.15, 0.2) is 0 Å². The summed E-state index contributed by atoms with van der Waals surface area (Å²) in [6.45, 7) is 4.44. The molecule has 0 bridgehead atoms. The van der Waals surface area contributed by atoms with Crippen molar-refractivity contribution in [3.8, 4) is 0 Å². The normalized spacial score (nSPS) is 18.2. The monoisotopic (exact) mass is 528 g/mol. The van der Waals surface area contributed by atoms with Crippen molar-refractivity contribution in [2.45, 2.75) is 70.1 Å². The van der Waals surface area contributed by atoms with Crippen LogP contribution in [-0.2, 0) is 30.4 Å². The minimum atomic E-state index is -1.55. The van der Waals surface area contributed by atoms with Gasteiger partial charge in [-0.15, -0.1) is 0 Å². The molecule has 2 heterocycles.